The summed E-state index contributed by atoms with van der Waals surface area (Å²) >= 11 is 0. The maximum Gasteiger partial charge on any atom is 0.311 e. The van der Waals surface area contributed by atoms with Gasteiger partial charge in [-0.2, -0.15) is 0 Å². The van der Waals surface area contributed by atoms with Gasteiger partial charge in [0.2, 0.25) is 0 Å². The molecule has 0 radical (unpaired) electrons. The van der Waals surface area contributed by atoms with E-state index in [4.69, 9.17) is 14.2 Å². The van der Waals surface area contributed by atoms with E-state index < -0.39 is 64.4 Å². The van der Waals surface area contributed by atoms with Gasteiger partial charge in [-0.15, -0.1) is 0 Å². The summed E-state index contributed by atoms with van der Waals surface area (Å²) in [6.45, 7) is 10.2. The SMILES string of the molecule is COC(=O)[C@@]1(C)CC[C@]2(C(=O)O)CC[C@]3(C)C(=CCC4[C@@]5(C)C[C@H](O)[C@H](O[C@@H]6OCC(O)[C@H](O)C6O)[C@@](C)(CO)C5CC[C@]43C)[C@@H]2C1. The molecule has 6 aliphatic rings. The first-order valence-corrected chi connectivity index (χ1v) is 17.5. The second-order valence-corrected chi connectivity index (χ2v) is 17.3. The number of carbonyl (C=O) groups excluding carboxylic acids is 1. The first kappa shape index (κ1) is 35.2. The summed E-state index contributed by atoms with van der Waals surface area (Å²) in [6, 6.07) is 0. The molecular weight excluding hydrogens is 608 g/mol. The van der Waals surface area contributed by atoms with Gasteiger partial charge in [-0.3, -0.25) is 9.59 Å². The number of rotatable bonds is 5. The first-order chi connectivity index (χ1) is 21.9. The number of methoxy groups -OCH3 is 1. The second kappa shape index (κ2) is 11.5. The fraction of sp³-hybridized carbons (Fsp3) is 0.889. The smallest absolute Gasteiger partial charge is 0.311 e. The third-order valence-corrected chi connectivity index (χ3v) is 15.3. The minimum absolute atomic E-state index is 0.0553. The van der Waals surface area contributed by atoms with Crippen molar-refractivity contribution in [2.45, 2.75) is 129 Å². The van der Waals surface area contributed by atoms with Crippen molar-refractivity contribution in [2.24, 2.45) is 50.2 Å². The van der Waals surface area contributed by atoms with E-state index in [1.165, 1.54) is 7.11 Å². The number of hydrogen-bond acceptors (Lipinski definition) is 10. The van der Waals surface area contributed by atoms with Crippen LogP contribution in [0, 0.1) is 50.2 Å². The number of aliphatic carboxylic acids is 1. The van der Waals surface area contributed by atoms with Crippen LogP contribution >= 0.6 is 0 Å². The number of aliphatic hydroxyl groups excluding tert-OH is 5. The van der Waals surface area contributed by atoms with Gasteiger partial charge < -0.3 is 44.8 Å². The van der Waals surface area contributed by atoms with Crippen molar-refractivity contribution in [3.63, 3.8) is 0 Å². The Morgan fingerprint density at radius 1 is 0.915 bits per heavy atom. The van der Waals surface area contributed by atoms with Crippen molar-refractivity contribution < 1.29 is 54.4 Å². The third-order valence-electron chi connectivity index (χ3n) is 15.3. The lowest BCUT2D eigenvalue weighted by atomic mass is 9.33. The van der Waals surface area contributed by atoms with Crippen molar-refractivity contribution in [1.29, 1.82) is 0 Å². The van der Waals surface area contributed by atoms with E-state index in [-0.39, 0.29) is 47.8 Å². The van der Waals surface area contributed by atoms with Gasteiger partial charge in [0.25, 0.3) is 0 Å². The topological polar surface area (TPSA) is 183 Å². The van der Waals surface area contributed by atoms with Gasteiger partial charge in [-0.1, -0.05) is 39.3 Å². The summed E-state index contributed by atoms with van der Waals surface area (Å²) in [6.07, 6.45) is 0.204. The number of allylic oxidation sites excluding steroid dienone is 2. The van der Waals surface area contributed by atoms with Crippen LogP contribution in [0.3, 0.4) is 0 Å². The number of hydrogen-bond donors (Lipinski definition) is 6. The molecule has 15 atom stereocenters. The maximum absolute atomic E-state index is 13.1. The van der Waals surface area contributed by atoms with Gasteiger partial charge in [0.05, 0.1) is 43.4 Å². The highest BCUT2D eigenvalue weighted by atomic mass is 16.7. The molecule has 1 aliphatic heterocycles. The van der Waals surface area contributed by atoms with E-state index >= 15 is 0 Å². The molecule has 4 saturated carbocycles. The molecule has 11 heteroatoms. The average molecular weight is 665 g/mol. The van der Waals surface area contributed by atoms with Crippen molar-refractivity contribution >= 4 is 11.9 Å². The van der Waals surface area contributed by atoms with Gasteiger partial charge in [0.15, 0.2) is 6.29 Å². The number of fused-ring (bicyclic) bond motifs is 7. The van der Waals surface area contributed by atoms with Crippen LogP contribution in [0.15, 0.2) is 11.6 Å². The second-order valence-electron chi connectivity index (χ2n) is 17.3. The normalized spacial score (nSPS) is 54.2. The highest BCUT2D eigenvalue weighted by molar-refractivity contribution is 5.80. The number of carboxylic acids is 1. The van der Waals surface area contributed by atoms with Crippen LogP contribution in [0.5, 0.6) is 0 Å². The Morgan fingerprint density at radius 3 is 2.23 bits per heavy atom. The summed E-state index contributed by atoms with van der Waals surface area (Å²) in [5.41, 5.74) is -2.39. The fourth-order valence-electron chi connectivity index (χ4n) is 12.3. The minimum Gasteiger partial charge on any atom is -0.481 e. The number of carbonyl (C=O) groups is 2. The molecule has 0 aromatic carbocycles. The zero-order valence-electron chi connectivity index (χ0n) is 28.8. The molecule has 6 N–H and O–H groups in total. The van der Waals surface area contributed by atoms with Gasteiger partial charge in [-0.25, -0.2) is 0 Å². The predicted molar refractivity (Wildman–Crippen MR) is 168 cm³/mol. The lowest BCUT2D eigenvalue weighted by molar-refractivity contribution is -0.328. The van der Waals surface area contributed by atoms with Crippen molar-refractivity contribution in [1.82, 2.24) is 0 Å². The van der Waals surface area contributed by atoms with E-state index in [0.29, 0.717) is 38.5 Å². The van der Waals surface area contributed by atoms with E-state index in [1.807, 2.05) is 13.8 Å². The summed E-state index contributed by atoms with van der Waals surface area (Å²) in [5.74, 6) is -1.29. The monoisotopic (exact) mass is 664 g/mol. The molecule has 0 aromatic heterocycles. The molecule has 0 aromatic rings. The summed E-state index contributed by atoms with van der Waals surface area (Å²) < 4.78 is 17.0. The fourth-order valence-corrected chi connectivity index (χ4v) is 12.3. The van der Waals surface area contributed by atoms with Crippen LogP contribution in [0.2, 0.25) is 0 Å². The van der Waals surface area contributed by atoms with Crippen molar-refractivity contribution in [3.8, 4) is 0 Å². The van der Waals surface area contributed by atoms with Crippen molar-refractivity contribution in [2.75, 3.05) is 20.3 Å². The average Bonchev–Trinajstić information content (AvgIpc) is 3.02. The van der Waals surface area contributed by atoms with Crippen LogP contribution in [0.4, 0.5) is 0 Å². The van der Waals surface area contributed by atoms with Crippen LogP contribution in [-0.4, -0.2) is 99.7 Å². The summed E-state index contributed by atoms with van der Waals surface area (Å²) in [7, 11) is 1.40. The number of carboxylic acid groups (broad SMARTS) is 1. The molecule has 11 nitrogen and oxygen atoms in total. The van der Waals surface area contributed by atoms with E-state index in [0.717, 1.165) is 24.8 Å². The molecule has 0 amide bonds. The molecule has 266 valence electrons. The Labute approximate surface area is 277 Å². The van der Waals surface area contributed by atoms with Crippen LogP contribution < -0.4 is 0 Å². The van der Waals surface area contributed by atoms with Gasteiger partial charge >= 0.3 is 11.9 Å². The molecule has 6 rings (SSSR count). The number of esters is 1. The Balaban J connectivity index is 1.35. The molecule has 5 aliphatic carbocycles. The molecule has 1 heterocycles. The molecule has 0 spiro atoms. The zero-order valence-corrected chi connectivity index (χ0v) is 28.8. The van der Waals surface area contributed by atoms with Gasteiger partial charge in [0.1, 0.15) is 18.3 Å². The van der Waals surface area contributed by atoms with Crippen molar-refractivity contribution in [3.05, 3.63) is 11.6 Å². The minimum atomic E-state index is -1.51. The Hall–Kier alpha value is -1.60. The van der Waals surface area contributed by atoms with Gasteiger partial charge in [0, 0.05) is 5.41 Å². The van der Waals surface area contributed by atoms with E-state index in [9.17, 15) is 40.2 Å². The summed E-state index contributed by atoms with van der Waals surface area (Å²) in [4.78, 5) is 26.1. The molecule has 1 saturated heterocycles. The zero-order chi connectivity index (χ0) is 34.5. The molecular formula is C36H56O11. The van der Waals surface area contributed by atoms with E-state index in [1.54, 1.807) is 0 Å². The molecule has 4 unspecified atom stereocenters. The Kier molecular flexibility index (Phi) is 8.60. The highest BCUT2D eigenvalue weighted by Crippen LogP contribution is 2.76. The van der Waals surface area contributed by atoms with Gasteiger partial charge in [-0.05, 0) is 98.7 Å². The lowest BCUT2D eigenvalue weighted by Crippen LogP contribution is -2.69. The summed E-state index contributed by atoms with van der Waals surface area (Å²) in [5, 5.41) is 64.3. The Bertz CT molecular complexity index is 1300. The first-order valence-electron chi connectivity index (χ1n) is 17.5. The largest absolute Gasteiger partial charge is 0.481 e. The number of aliphatic hydroxyl groups is 5. The third kappa shape index (κ3) is 4.69. The van der Waals surface area contributed by atoms with Crippen LogP contribution in [0.1, 0.15) is 92.4 Å². The highest BCUT2D eigenvalue weighted by Gasteiger charge is 2.71. The molecule has 47 heavy (non-hydrogen) atoms. The quantitative estimate of drug-likeness (QED) is 0.144. The van der Waals surface area contributed by atoms with Crippen LogP contribution in [0.25, 0.3) is 0 Å². The molecule has 0 bridgehead atoms. The van der Waals surface area contributed by atoms with Crippen LogP contribution in [-0.2, 0) is 23.8 Å². The van der Waals surface area contributed by atoms with E-state index in [2.05, 4.69) is 26.8 Å². The Morgan fingerprint density at radius 2 is 1.60 bits per heavy atom. The number of ether oxygens (including phenoxy) is 3. The molecule has 5 fully saturated rings. The standard InChI is InChI=1S/C36H56O11/c1-31(30(44)45-6)11-13-36(29(42)43)14-12-34(4)19(20(36)15-31)7-8-24-32(2)16-21(38)27(47-28-26(41)25(40)22(39)17-46-28)33(3,18-37)23(32)9-10-35(24,34)5/h7,20-28,37-41H,8-18H2,1-6H3,(H,42,43)/t20-,21-,22?,23?,24?,25-,26?,27-,28-,31-,32-,33-,34+,35+,36-/m0/s1. The lowest BCUT2D eigenvalue weighted by Gasteiger charge is -2.71. The predicted octanol–water partition coefficient (Wildman–Crippen LogP) is 2.79. The maximum atomic E-state index is 13.1.